The molecule has 1 aromatic carbocycles. The molecule has 1 saturated heterocycles. The Balaban J connectivity index is 1.56. The first-order chi connectivity index (χ1) is 11.5. The fourth-order valence-corrected chi connectivity index (χ4v) is 3.41. The monoisotopic (exact) mass is 343 g/mol. The standard InChI is InChI=1S/C18H21N3O2S/c1-12-5-6-15(8-13(12)2)21-11-14(9-17(21)22)20-18(23)19-10-16-4-3-7-24-16/h3-8,14H,9-11H2,1-2H3,(H2,19,20,23)/t14-/m1/s1. The summed E-state index contributed by atoms with van der Waals surface area (Å²) >= 11 is 1.60. The highest BCUT2D eigenvalue weighted by Gasteiger charge is 2.31. The van der Waals surface area contributed by atoms with Gasteiger partial charge in [0.2, 0.25) is 5.91 Å². The third kappa shape index (κ3) is 3.76. The first-order valence-corrected chi connectivity index (χ1v) is 8.85. The molecule has 0 spiro atoms. The Labute approximate surface area is 145 Å². The van der Waals surface area contributed by atoms with Crippen LogP contribution in [0.15, 0.2) is 35.7 Å². The van der Waals surface area contributed by atoms with Gasteiger partial charge in [-0.15, -0.1) is 11.3 Å². The Bertz CT molecular complexity index is 743. The van der Waals surface area contributed by atoms with Gasteiger partial charge in [-0.05, 0) is 48.6 Å². The van der Waals surface area contributed by atoms with Crippen molar-refractivity contribution in [2.45, 2.75) is 32.9 Å². The predicted octanol–water partition coefficient (Wildman–Crippen LogP) is 2.97. The molecule has 2 heterocycles. The number of nitrogens with zero attached hydrogens (tertiary/aromatic N) is 1. The second kappa shape index (κ2) is 7.05. The zero-order valence-corrected chi connectivity index (χ0v) is 14.7. The summed E-state index contributed by atoms with van der Waals surface area (Å²) in [5.41, 5.74) is 3.25. The molecule has 0 unspecified atom stereocenters. The molecule has 6 heteroatoms. The summed E-state index contributed by atoms with van der Waals surface area (Å²) in [5.74, 6) is 0.0433. The highest BCUT2D eigenvalue weighted by atomic mass is 32.1. The SMILES string of the molecule is Cc1ccc(N2C[C@H](NC(=O)NCc3cccs3)CC2=O)cc1C. The molecule has 0 aliphatic carbocycles. The summed E-state index contributed by atoms with van der Waals surface area (Å²) in [6.07, 6.45) is 0.333. The molecule has 2 aromatic rings. The van der Waals surface area contributed by atoms with Crippen LogP contribution in [0.5, 0.6) is 0 Å². The minimum Gasteiger partial charge on any atom is -0.333 e. The zero-order chi connectivity index (χ0) is 17.1. The van der Waals surface area contributed by atoms with Crippen molar-refractivity contribution in [3.8, 4) is 0 Å². The van der Waals surface area contributed by atoms with Gasteiger partial charge in [0.25, 0.3) is 0 Å². The first kappa shape index (κ1) is 16.5. The maximum absolute atomic E-state index is 12.3. The van der Waals surface area contributed by atoms with E-state index in [1.165, 1.54) is 5.56 Å². The number of rotatable bonds is 4. The lowest BCUT2D eigenvalue weighted by molar-refractivity contribution is -0.117. The Hall–Kier alpha value is -2.34. The minimum atomic E-state index is -0.233. The number of thiophene rings is 1. The highest BCUT2D eigenvalue weighted by molar-refractivity contribution is 7.09. The van der Waals surface area contributed by atoms with Crippen molar-refractivity contribution in [1.29, 1.82) is 0 Å². The normalized spacial score (nSPS) is 17.2. The maximum atomic E-state index is 12.3. The molecule has 0 radical (unpaired) electrons. The van der Waals surface area contributed by atoms with Crippen molar-refractivity contribution in [1.82, 2.24) is 10.6 Å². The molecule has 1 atom stereocenters. The first-order valence-electron chi connectivity index (χ1n) is 7.97. The highest BCUT2D eigenvalue weighted by Crippen LogP contribution is 2.24. The average molecular weight is 343 g/mol. The summed E-state index contributed by atoms with van der Waals surface area (Å²) in [6.45, 7) is 5.10. The number of hydrogen-bond acceptors (Lipinski definition) is 3. The lowest BCUT2D eigenvalue weighted by Crippen LogP contribution is -2.43. The molecule has 24 heavy (non-hydrogen) atoms. The molecular formula is C18H21N3O2S. The van der Waals surface area contributed by atoms with E-state index in [0.29, 0.717) is 19.5 Å². The van der Waals surface area contributed by atoms with E-state index in [1.54, 1.807) is 16.2 Å². The molecule has 1 fully saturated rings. The van der Waals surface area contributed by atoms with Crippen molar-refractivity contribution < 1.29 is 9.59 Å². The van der Waals surface area contributed by atoms with Crippen molar-refractivity contribution in [3.05, 3.63) is 51.7 Å². The number of aryl methyl sites for hydroxylation is 2. The van der Waals surface area contributed by atoms with Crippen molar-refractivity contribution in [3.63, 3.8) is 0 Å². The Morgan fingerprint density at radius 2 is 2.12 bits per heavy atom. The second-order valence-corrected chi connectivity index (χ2v) is 7.11. The predicted molar refractivity (Wildman–Crippen MR) is 96.4 cm³/mol. The lowest BCUT2D eigenvalue weighted by atomic mass is 10.1. The van der Waals surface area contributed by atoms with Crippen LogP contribution < -0.4 is 15.5 Å². The molecule has 1 aromatic heterocycles. The lowest BCUT2D eigenvalue weighted by Gasteiger charge is -2.18. The number of carbonyl (C=O) groups is 2. The molecule has 0 bridgehead atoms. The number of amides is 3. The Morgan fingerprint density at radius 3 is 2.83 bits per heavy atom. The molecule has 1 aliphatic rings. The number of nitrogens with one attached hydrogen (secondary N) is 2. The van der Waals surface area contributed by atoms with Crippen LogP contribution in [0.4, 0.5) is 10.5 Å². The third-order valence-corrected chi connectivity index (χ3v) is 5.14. The summed E-state index contributed by atoms with van der Waals surface area (Å²) in [6, 6.07) is 9.53. The smallest absolute Gasteiger partial charge is 0.315 e. The van der Waals surface area contributed by atoms with Gasteiger partial charge >= 0.3 is 6.03 Å². The molecule has 1 aliphatic heterocycles. The molecule has 3 rings (SSSR count). The average Bonchev–Trinajstić information content (AvgIpc) is 3.18. The molecule has 2 N–H and O–H groups in total. The van der Waals surface area contributed by atoms with Crippen LogP contribution in [0.25, 0.3) is 0 Å². The third-order valence-electron chi connectivity index (χ3n) is 4.27. The number of urea groups is 1. The van der Waals surface area contributed by atoms with Crippen LogP contribution in [-0.4, -0.2) is 24.5 Å². The summed E-state index contributed by atoms with van der Waals surface area (Å²) in [7, 11) is 0. The van der Waals surface area contributed by atoms with Gasteiger partial charge in [-0.2, -0.15) is 0 Å². The van der Waals surface area contributed by atoms with E-state index in [4.69, 9.17) is 0 Å². The van der Waals surface area contributed by atoms with Gasteiger partial charge < -0.3 is 15.5 Å². The van der Waals surface area contributed by atoms with Gasteiger partial charge in [0, 0.05) is 23.5 Å². The van der Waals surface area contributed by atoms with E-state index in [9.17, 15) is 9.59 Å². The van der Waals surface area contributed by atoms with Crippen molar-refractivity contribution >= 4 is 29.0 Å². The van der Waals surface area contributed by atoms with Crippen LogP contribution in [-0.2, 0) is 11.3 Å². The number of carbonyl (C=O) groups excluding carboxylic acids is 2. The van der Waals surface area contributed by atoms with Gasteiger partial charge in [-0.3, -0.25) is 4.79 Å². The fourth-order valence-electron chi connectivity index (χ4n) is 2.76. The van der Waals surface area contributed by atoms with Crippen LogP contribution in [0, 0.1) is 13.8 Å². The second-order valence-electron chi connectivity index (χ2n) is 6.08. The minimum absolute atomic E-state index is 0.0433. The molecule has 5 nitrogen and oxygen atoms in total. The van der Waals surface area contributed by atoms with Gasteiger partial charge in [0.05, 0.1) is 12.6 Å². The summed E-state index contributed by atoms with van der Waals surface area (Å²) in [4.78, 5) is 27.1. The topological polar surface area (TPSA) is 61.4 Å². The quantitative estimate of drug-likeness (QED) is 0.896. The summed E-state index contributed by atoms with van der Waals surface area (Å²) < 4.78 is 0. The van der Waals surface area contributed by atoms with Gasteiger partial charge in [0.1, 0.15) is 0 Å². The van der Waals surface area contributed by atoms with E-state index in [-0.39, 0.29) is 18.0 Å². The van der Waals surface area contributed by atoms with E-state index < -0.39 is 0 Å². The number of benzene rings is 1. The number of anilines is 1. The van der Waals surface area contributed by atoms with Gasteiger partial charge in [-0.25, -0.2) is 4.79 Å². The van der Waals surface area contributed by atoms with Crippen molar-refractivity contribution in [2.24, 2.45) is 0 Å². The van der Waals surface area contributed by atoms with Crippen LogP contribution >= 0.6 is 11.3 Å². The van der Waals surface area contributed by atoms with Gasteiger partial charge in [0.15, 0.2) is 0 Å². The zero-order valence-electron chi connectivity index (χ0n) is 13.8. The maximum Gasteiger partial charge on any atom is 0.315 e. The van der Waals surface area contributed by atoms with Gasteiger partial charge in [-0.1, -0.05) is 12.1 Å². The summed E-state index contributed by atoms with van der Waals surface area (Å²) in [5, 5.41) is 7.70. The van der Waals surface area contributed by atoms with Crippen LogP contribution in [0.1, 0.15) is 22.4 Å². The Morgan fingerprint density at radius 1 is 1.29 bits per heavy atom. The van der Waals surface area contributed by atoms with E-state index in [2.05, 4.69) is 10.6 Å². The van der Waals surface area contributed by atoms with Crippen LogP contribution in [0.2, 0.25) is 0 Å². The van der Waals surface area contributed by atoms with Crippen LogP contribution in [0.3, 0.4) is 0 Å². The fraction of sp³-hybridized carbons (Fsp3) is 0.333. The van der Waals surface area contributed by atoms with E-state index >= 15 is 0 Å². The number of hydrogen-bond donors (Lipinski definition) is 2. The largest absolute Gasteiger partial charge is 0.333 e. The molecule has 126 valence electrons. The van der Waals surface area contributed by atoms with E-state index in [0.717, 1.165) is 16.1 Å². The molecule has 3 amide bonds. The molecular weight excluding hydrogens is 322 g/mol. The van der Waals surface area contributed by atoms with E-state index in [1.807, 2.05) is 49.6 Å². The molecule has 0 saturated carbocycles. The van der Waals surface area contributed by atoms with Crippen molar-refractivity contribution in [2.75, 3.05) is 11.4 Å². The Kier molecular flexibility index (Phi) is 4.85.